The zero-order valence-electron chi connectivity index (χ0n) is 18.6. The zero-order chi connectivity index (χ0) is 23.2. The van der Waals surface area contributed by atoms with Gasteiger partial charge in [-0.25, -0.2) is 9.59 Å². The van der Waals surface area contributed by atoms with Crippen LogP contribution in [-0.2, 0) is 14.3 Å². The van der Waals surface area contributed by atoms with Crippen LogP contribution in [0.2, 0.25) is 0 Å². The standard InChI is InChI=1S/C26H28N2O5/c1-16-11-14-28(22(16)23(29)30)24(31)26(12-6-13-26)27-25(32)33-15-21-19-9-4-2-7-17(19)18-8-3-5-10-20(18)21/h2-5,7-10,16,21-22H,6,11-15H2,1H3,(H,27,32)(H,29,30). The maximum absolute atomic E-state index is 13.3. The van der Waals surface area contributed by atoms with Crippen molar-refractivity contribution in [3.05, 3.63) is 59.7 Å². The van der Waals surface area contributed by atoms with E-state index in [0.717, 1.165) is 28.7 Å². The van der Waals surface area contributed by atoms with Crippen LogP contribution in [0.1, 0.15) is 49.7 Å². The molecule has 1 aliphatic heterocycles. The summed E-state index contributed by atoms with van der Waals surface area (Å²) in [7, 11) is 0. The molecule has 1 saturated carbocycles. The van der Waals surface area contributed by atoms with Gasteiger partial charge in [-0.15, -0.1) is 0 Å². The second-order valence-electron chi connectivity index (χ2n) is 9.43. The Hall–Kier alpha value is -3.35. The van der Waals surface area contributed by atoms with Crippen molar-refractivity contribution in [3.8, 4) is 11.1 Å². The van der Waals surface area contributed by atoms with Crippen LogP contribution in [0.15, 0.2) is 48.5 Å². The lowest BCUT2D eigenvalue weighted by Crippen LogP contribution is -2.65. The lowest BCUT2D eigenvalue weighted by molar-refractivity contribution is -0.154. The number of carbonyl (C=O) groups excluding carboxylic acids is 2. The Morgan fingerprint density at radius 2 is 1.67 bits per heavy atom. The maximum atomic E-state index is 13.3. The average molecular weight is 449 g/mol. The summed E-state index contributed by atoms with van der Waals surface area (Å²) in [6, 6.07) is 15.4. The molecule has 0 aromatic heterocycles. The Labute approximate surface area is 192 Å². The molecule has 1 saturated heterocycles. The van der Waals surface area contributed by atoms with Crippen LogP contribution >= 0.6 is 0 Å². The van der Waals surface area contributed by atoms with E-state index in [0.29, 0.717) is 25.8 Å². The predicted octanol–water partition coefficient (Wildman–Crippen LogP) is 3.77. The summed E-state index contributed by atoms with van der Waals surface area (Å²) in [5.74, 6) is -1.48. The summed E-state index contributed by atoms with van der Waals surface area (Å²) in [4.78, 5) is 39.3. The van der Waals surface area contributed by atoms with Gasteiger partial charge >= 0.3 is 12.1 Å². The number of hydrogen-bond donors (Lipinski definition) is 2. The van der Waals surface area contributed by atoms with Gasteiger partial charge in [-0.3, -0.25) is 4.79 Å². The van der Waals surface area contributed by atoms with Crippen molar-refractivity contribution < 1.29 is 24.2 Å². The molecule has 2 aromatic carbocycles. The zero-order valence-corrected chi connectivity index (χ0v) is 18.6. The van der Waals surface area contributed by atoms with E-state index in [4.69, 9.17) is 4.74 Å². The quantitative estimate of drug-likeness (QED) is 0.726. The van der Waals surface area contributed by atoms with E-state index in [9.17, 15) is 19.5 Å². The van der Waals surface area contributed by atoms with Crippen LogP contribution in [-0.4, -0.2) is 52.7 Å². The van der Waals surface area contributed by atoms with E-state index in [2.05, 4.69) is 29.6 Å². The highest BCUT2D eigenvalue weighted by molar-refractivity contribution is 5.94. The third-order valence-electron chi connectivity index (χ3n) is 7.52. The van der Waals surface area contributed by atoms with E-state index in [1.807, 2.05) is 31.2 Å². The van der Waals surface area contributed by atoms with Gasteiger partial charge in [0, 0.05) is 12.5 Å². The van der Waals surface area contributed by atoms with E-state index < -0.39 is 23.6 Å². The van der Waals surface area contributed by atoms with Gasteiger partial charge in [-0.1, -0.05) is 55.5 Å². The van der Waals surface area contributed by atoms with Crippen LogP contribution < -0.4 is 5.32 Å². The maximum Gasteiger partial charge on any atom is 0.408 e. The molecule has 0 bridgehead atoms. The van der Waals surface area contributed by atoms with Crippen molar-refractivity contribution in [3.63, 3.8) is 0 Å². The fourth-order valence-electron chi connectivity index (χ4n) is 5.58. The largest absolute Gasteiger partial charge is 0.480 e. The number of ether oxygens (including phenoxy) is 1. The summed E-state index contributed by atoms with van der Waals surface area (Å²) >= 11 is 0. The smallest absolute Gasteiger partial charge is 0.408 e. The fourth-order valence-corrected chi connectivity index (χ4v) is 5.58. The second-order valence-corrected chi connectivity index (χ2v) is 9.43. The van der Waals surface area contributed by atoms with E-state index in [1.54, 1.807) is 0 Å². The lowest BCUT2D eigenvalue weighted by atomic mass is 9.75. The highest BCUT2D eigenvalue weighted by atomic mass is 16.5. The Morgan fingerprint density at radius 1 is 1.06 bits per heavy atom. The molecule has 2 aromatic rings. The topological polar surface area (TPSA) is 95.9 Å². The molecule has 7 heteroatoms. The van der Waals surface area contributed by atoms with Gasteiger partial charge in [0.1, 0.15) is 18.2 Å². The normalized spacial score (nSPS) is 22.8. The number of alkyl carbamates (subject to hydrolysis) is 1. The highest BCUT2D eigenvalue weighted by Crippen LogP contribution is 2.44. The van der Waals surface area contributed by atoms with Crippen molar-refractivity contribution in [2.75, 3.05) is 13.2 Å². The number of aliphatic carboxylic acids is 1. The number of nitrogens with zero attached hydrogens (tertiary/aromatic N) is 1. The number of carboxylic acid groups (broad SMARTS) is 1. The molecule has 1 heterocycles. The SMILES string of the molecule is CC1CCN(C(=O)C2(NC(=O)OCC3c4ccccc4-c4ccccc43)CCC2)C1C(=O)O. The van der Waals surface area contributed by atoms with E-state index >= 15 is 0 Å². The van der Waals surface area contributed by atoms with Gasteiger partial charge in [-0.2, -0.15) is 0 Å². The first-order valence-electron chi connectivity index (χ1n) is 11.6. The van der Waals surface area contributed by atoms with Gasteiger partial charge in [0.2, 0.25) is 5.91 Å². The fraction of sp³-hybridized carbons (Fsp3) is 0.423. The molecule has 2 amide bonds. The molecule has 2 aliphatic carbocycles. The number of amides is 2. The van der Waals surface area contributed by atoms with Gasteiger partial charge in [0.15, 0.2) is 0 Å². The molecular formula is C26H28N2O5. The first-order valence-corrected chi connectivity index (χ1v) is 11.6. The molecule has 2 fully saturated rings. The monoisotopic (exact) mass is 448 g/mol. The number of benzene rings is 2. The Bertz CT molecular complexity index is 1060. The van der Waals surface area contributed by atoms with E-state index in [-0.39, 0.29) is 24.3 Å². The van der Waals surface area contributed by atoms with Gasteiger partial charge in [0.25, 0.3) is 0 Å². The summed E-state index contributed by atoms with van der Waals surface area (Å²) < 4.78 is 5.64. The molecule has 0 radical (unpaired) electrons. The summed E-state index contributed by atoms with van der Waals surface area (Å²) in [6.45, 7) is 2.41. The van der Waals surface area contributed by atoms with Crippen LogP contribution in [0.5, 0.6) is 0 Å². The molecule has 2 atom stereocenters. The van der Waals surface area contributed by atoms with Crippen molar-refractivity contribution >= 4 is 18.0 Å². The highest BCUT2D eigenvalue weighted by Gasteiger charge is 2.52. The summed E-state index contributed by atoms with van der Waals surface area (Å²) in [6.07, 6.45) is 1.80. The molecule has 3 aliphatic rings. The Balaban J connectivity index is 1.28. The molecule has 33 heavy (non-hydrogen) atoms. The van der Waals surface area contributed by atoms with Crippen molar-refractivity contribution in [1.82, 2.24) is 10.2 Å². The Morgan fingerprint density at radius 3 is 2.21 bits per heavy atom. The van der Waals surface area contributed by atoms with Crippen molar-refractivity contribution in [1.29, 1.82) is 0 Å². The van der Waals surface area contributed by atoms with Gasteiger partial charge in [-0.05, 0) is 53.9 Å². The number of fused-ring (bicyclic) bond motifs is 3. The number of hydrogen-bond acceptors (Lipinski definition) is 4. The molecular weight excluding hydrogens is 420 g/mol. The van der Waals surface area contributed by atoms with Crippen molar-refractivity contribution in [2.45, 2.75) is 50.1 Å². The number of carboxylic acids is 1. The minimum absolute atomic E-state index is 0.0629. The third-order valence-corrected chi connectivity index (χ3v) is 7.52. The average Bonchev–Trinajstić information content (AvgIpc) is 3.32. The number of rotatable bonds is 5. The minimum Gasteiger partial charge on any atom is -0.480 e. The molecule has 2 N–H and O–H groups in total. The third kappa shape index (κ3) is 3.56. The first kappa shape index (κ1) is 21.5. The van der Waals surface area contributed by atoms with Crippen LogP contribution in [0.25, 0.3) is 11.1 Å². The van der Waals surface area contributed by atoms with E-state index in [1.165, 1.54) is 4.90 Å². The molecule has 172 valence electrons. The van der Waals surface area contributed by atoms with Crippen LogP contribution in [0.4, 0.5) is 4.79 Å². The summed E-state index contributed by atoms with van der Waals surface area (Å²) in [5.41, 5.74) is 3.47. The van der Waals surface area contributed by atoms with Gasteiger partial charge in [0.05, 0.1) is 0 Å². The molecule has 5 rings (SSSR count). The summed E-state index contributed by atoms with van der Waals surface area (Å²) in [5, 5.41) is 12.4. The number of likely N-dealkylation sites (tertiary alicyclic amines) is 1. The molecule has 2 unspecified atom stereocenters. The predicted molar refractivity (Wildman–Crippen MR) is 122 cm³/mol. The Kier molecular flexibility index (Phi) is 5.35. The molecule has 7 nitrogen and oxygen atoms in total. The number of carbonyl (C=O) groups is 3. The van der Waals surface area contributed by atoms with Crippen LogP contribution in [0.3, 0.4) is 0 Å². The molecule has 0 spiro atoms. The minimum atomic E-state index is -1.07. The van der Waals surface area contributed by atoms with Crippen molar-refractivity contribution in [2.24, 2.45) is 5.92 Å². The first-order chi connectivity index (χ1) is 15.9. The number of nitrogens with one attached hydrogen (secondary N) is 1. The van der Waals surface area contributed by atoms with Crippen LogP contribution in [0, 0.1) is 5.92 Å². The van der Waals surface area contributed by atoms with Gasteiger partial charge < -0.3 is 20.1 Å². The lowest BCUT2D eigenvalue weighted by Gasteiger charge is -2.43. The second kappa shape index (κ2) is 8.21.